The summed E-state index contributed by atoms with van der Waals surface area (Å²) in [5, 5.41) is 14.6. The van der Waals surface area contributed by atoms with Crippen molar-refractivity contribution in [3.05, 3.63) is 69.7 Å². The number of benzene rings is 2. The molecule has 1 amide bonds. The zero-order valence-electron chi connectivity index (χ0n) is 15.0. The maximum Gasteiger partial charge on any atom is 0.262 e. The van der Waals surface area contributed by atoms with Crippen LogP contribution in [0.15, 0.2) is 48.5 Å². The van der Waals surface area contributed by atoms with E-state index in [1.807, 2.05) is 19.0 Å². The molecule has 7 heteroatoms. The lowest BCUT2D eigenvalue weighted by Crippen LogP contribution is -2.46. The number of nitrogens with one attached hydrogen (secondary N) is 1. The van der Waals surface area contributed by atoms with E-state index in [2.05, 4.69) is 17.2 Å². The first-order chi connectivity index (χ1) is 12.4. The van der Waals surface area contributed by atoms with Gasteiger partial charge in [-0.15, -0.1) is 12.4 Å². The molecule has 0 fully saturated rings. The highest BCUT2D eigenvalue weighted by Crippen LogP contribution is 2.37. The minimum absolute atomic E-state index is 0. The molecule has 0 bridgehead atoms. The number of halogens is 3. The van der Waals surface area contributed by atoms with Gasteiger partial charge in [0.25, 0.3) is 5.91 Å². The maximum atomic E-state index is 12.9. The molecule has 0 aliphatic heterocycles. The monoisotopic (exact) mass is 426 g/mol. The Bertz CT molecular complexity index is 799. The first-order valence-electron chi connectivity index (χ1n) is 7.98. The van der Waals surface area contributed by atoms with Crippen LogP contribution in [0.25, 0.3) is 0 Å². The van der Waals surface area contributed by atoms with Crippen LogP contribution in [0.1, 0.15) is 11.1 Å². The highest BCUT2D eigenvalue weighted by molar-refractivity contribution is 6.33. The van der Waals surface area contributed by atoms with E-state index < -0.39 is 11.5 Å². The fourth-order valence-corrected chi connectivity index (χ4v) is 2.97. The van der Waals surface area contributed by atoms with Crippen LogP contribution in [0, 0.1) is 11.8 Å². The van der Waals surface area contributed by atoms with E-state index in [0.29, 0.717) is 6.54 Å². The standard InChI is InChI=1S/C20H20Cl2N2O2.ClH/c1-24(2)14-8-7-13-23-19(25)20(26,15-9-3-5-11-17(15)21)16-10-4-6-12-18(16)22;/h3-6,9-12,26H,13-14H2,1-2H3,(H,23,25);1H. The minimum atomic E-state index is -2.03. The van der Waals surface area contributed by atoms with Gasteiger partial charge >= 0.3 is 0 Å². The molecule has 0 radical (unpaired) electrons. The Hall–Kier alpha value is -1.74. The summed E-state index contributed by atoms with van der Waals surface area (Å²) in [7, 11) is 3.81. The van der Waals surface area contributed by atoms with Crippen molar-refractivity contribution in [2.45, 2.75) is 5.60 Å². The zero-order valence-corrected chi connectivity index (χ0v) is 17.3. The van der Waals surface area contributed by atoms with Crippen LogP contribution < -0.4 is 5.32 Å². The van der Waals surface area contributed by atoms with Crippen molar-refractivity contribution in [1.29, 1.82) is 0 Å². The van der Waals surface area contributed by atoms with E-state index in [-0.39, 0.29) is 40.1 Å². The molecule has 0 aliphatic rings. The lowest BCUT2D eigenvalue weighted by Gasteiger charge is -2.29. The van der Waals surface area contributed by atoms with Gasteiger partial charge in [0.15, 0.2) is 5.60 Å². The Balaban J connectivity index is 0.00000364. The van der Waals surface area contributed by atoms with Crippen molar-refractivity contribution in [2.24, 2.45) is 0 Å². The van der Waals surface area contributed by atoms with Gasteiger partial charge in [0, 0.05) is 21.2 Å². The van der Waals surface area contributed by atoms with Gasteiger partial charge in [0.1, 0.15) is 0 Å². The number of hydrogen-bond acceptors (Lipinski definition) is 3. The molecule has 2 aromatic rings. The molecular formula is C20H21Cl3N2O2. The second kappa shape index (κ2) is 10.6. The van der Waals surface area contributed by atoms with E-state index in [1.165, 1.54) is 0 Å². The summed E-state index contributed by atoms with van der Waals surface area (Å²) in [6.07, 6.45) is 0. The summed E-state index contributed by atoms with van der Waals surface area (Å²) in [6, 6.07) is 13.3. The Labute approximate surface area is 175 Å². The number of hydrogen-bond donors (Lipinski definition) is 2. The van der Waals surface area contributed by atoms with Crippen LogP contribution >= 0.6 is 35.6 Å². The smallest absolute Gasteiger partial charge is 0.262 e. The molecule has 2 aromatic carbocycles. The molecule has 144 valence electrons. The molecule has 0 aliphatic carbocycles. The van der Waals surface area contributed by atoms with Crippen LogP contribution in [0.2, 0.25) is 10.0 Å². The summed E-state index contributed by atoms with van der Waals surface area (Å²) in [5.74, 6) is 5.13. The van der Waals surface area contributed by atoms with Crippen LogP contribution in [-0.4, -0.2) is 43.1 Å². The Kier molecular flexibility index (Phi) is 9.11. The van der Waals surface area contributed by atoms with E-state index in [1.54, 1.807) is 48.5 Å². The maximum absolute atomic E-state index is 12.9. The average Bonchev–Trinajstić information content (AvgIpc) is 2.61. The zero-order chi connectivity index (χ0) is 19.2. The van der Waals surface area contributed by atoms with Crippen LogP contribution in [-0.2, 0) is 10.4 Å². The molecule has 27 heavy (non-hydrogen) atoms. The molecule has 2 rings (SSSR count). The number of carbonyl (C=O) groups is 1. The van der Waals surface area contributed by atoms with Gasteiger partial charge in [-0.2, -0.15) is 0 Å². The van der Waals surface area contributed by atoms with Crippen molar-refractivity contribution < 1.29 is 9.90 Å². The molecule has 4 nitrogen and oxygen atoms in total. The molecule has 0 saturated carbocycles. The Morgan fingerprint density at radius 1 is 1.04 bits per heavy atom. The number of nitrogens with zero attached hydrogens (tertiary/aromatic N) is 1. The van der Waals surface area contributed by atoms with Gasteiger partial charge < -0.3 is 10.4 Å². The molecular weight excluding hydrogens is 407 g/mol. The summed E-state index contributed by atoms with van der Waals surface area (Å²) >= 11 is 12.5. The third kappa shape index (κ3) is 5.62. The van der Waals surface area contributed by atoms with Gasteiger partial charge in [-0.05, 0) is 26.2 Å². The first kappa shape index (κ1) is 23.3. The van der Waals surface area contributed by atoms with E-state index in [4.69, 9.17) is 23.2 Å². The number of carbonyl (C=O) groups excluding carboxylic acids is 1. The number of rotatable bonds is 5. The second-order valence-corrected chi connectivity index (χ2v) is 6.76. The van der Waals surface area contributed by atoms with Gasteiger partial charge in [0.2, 0.25) is 0 Å². The Morgan fingerprint density at radius 3 is 1.96 bits per heavy atom. The predicted molar refractivity (Wildman–Crippen MR) is 112 cm³/mol. The molecule has 2 N–H and O–H groups in total. The molecule has 0 heterocycles. The van der Waals surface area contributed by atoms with Crippen molar-refractivity contribution in [3.8, 4) is 11.8 Å². The lowest BCUT2D eigenvalue weighted by molar-refractivity contribution is -0.136. The molecule has 0 atom stereocenters. The largest absolute Gasteiger partial charge is 0.372 e. The lowest BCUT2D eigenvalue weighted by atomic mass is 9.85. The summed E-state index contributed by atoms with van der Waals surface area (Å²) in [6.45, 7) is 0.680. The summed E-state index contributed by atoms with van der Waals surface area (Å²) in [5.41, 5.74) is -1.51. The van der Waals surface area contributed by atoms with Crippen LogP contribution in [0.4, 0.5) is 0 Å². The van der Waals surface area contributed by atoms with Crippen molar-refractivity contribution >= 4 is 41.5 Å². The highest BCUT2D eigenvalue weighted by atomic mass is 35.5. The quantitative estimate of drug-likeness (QED) is 0.720. The van der Waals surface area contributed by atoms with Gasteiger partial charge in [-0.1, -0.05) is 71.4 Å². The van der Waals surface area contributed by atoms with Gasteiger partial charge in [-0.25, -0.2) is 0 Å². The minimum Gasteiger partial charge on any atom is -0.372 e. The van der Waals surface area contributed by atoms with Crippen molar-refractivity contribution in [1.82, 2.24) is 10.2 Å². The Morgan fingerprint density at radius 2 is 1.52 bits per heavy atom. The average molecular weight is 428 g/mol. The van der Waals surface area contributed by atoms with Crippen molar-refractivity contribution in [3.63, 3.8) is 0 Å². The van der Waals surface area contributed by atoms with E-state index in [0.717, 1.165) is 0 Å². The van der Waals surface area contributed by atoms with E-state index in [9.17, 15) is 9.90 Å². The normalized spacial score (nSPS) is 10.6. The third-order valence-corrected chi connectivity index (χ3v) is 4.37. The fourth-order valence-electron chi connectivity index (χ4n) is 2.43. The summed E-state index contributed by atoms with van der Waals surface area (Å²) < 4.78 is 0. The third-order valence-electron chi connectivity index (χ3n) is 3.71. The molecule has 0 saturated heterocycles. The second-order valence-electron chi connectivity index (χ2n) is 5.94. The molecule has 0 aromatic heterocycles. The molecule has 0 spiro atoms. The van der Waals surface area contributed by atoms with Crippen LogP contribution in [0.3, 0.4) is 0 Å². The first-order valence-corrected chi connectivity index (χ1v) is 8.74. The number of amides is 1. The number of aliphatic hydroxyl groups is 1. The topological polar surface area (TPSA) is 52.6 Å². The van der Waals surface area contributed by atoms with E-state index >= 15 is 0 Å². The molecule has 0 unspecified atom stereocenters. The van der Waals surface area contributed by atoms with Crippen LogP contribution in [0.5, 0.6) is 0 Å². The SMILES string of the molecule is CN(C)CC#CCNC(=O)C(O)(c1ccccc1Cl)c1ccccc1Cl.Cl. The van der Waals surface area contributed by atoms with Gasteiger partial charge in [-0.3, -0.25) is 9.69 Å². The van der Waals surface area contributed by atoms with Crippen molar-refractivity contribution in [2.75, 3.05) is 27.2 Å². The summed E-state index contributed by atoms with van der Waals surface area (Å²) in [4.78, 5) is 14.8. The van der Waals surface area contributed by atoms with Gasteiger partial charge in [0.05, 0.1) is 13.1 Å². The fraction of sp³-hybridized carbons (Fsp3) is 0.250. The predicted octanol–water partition coefficient (Wildman–Crippen LogP) is 3.33. The highest BCUT2D eigenvalue weighted by Gasteiger charge is 2.42.